The van der Waals surface area contributed by atoms with Gasteiger partial charge in [0.2, 0.25) is 0 Å². The van der Waals surface area contributed by atoms with Gasteiger partial charge in [-0.1, -0.05) is 17.0 Å². The van der Waals surface area contributed by atoms with E-state index in [0.717, 1.165) is 0 Å². The molecule has 0 aromatic heterocycles. The molecule has 0 bridgehead atoms. The maximum Gasteiger partial charge on any atom is 0.314 e. The summed E-state index contributed by atoms with van der Waals surface area (Å²) in [5.41, 5.74) is -0.267. The van der Waals surface area contributed by atoms with E-state index >= 15 is 0 Å². The molecule has 0 aliphatic heterocycles. The number of hydrogen-bond donors (Lipinski definition) is 3. The fourth-order valence-electron chi connectivity index (χ4n) is 1.76. The SMILES string of the molecule is O=C(O)C1(c2ccc(S(=O)(=O)NO)cc2)CC1. The van der Waals surface area contributed by atoms with E-state index in [2.05, 4.69) is 0 Å². The molecule has 6 nitrogen and oxygen atoms in total. The summed E-state index contributed by atoms with van der Waals surface area (Å²) in [6.07, 6.45) is 1.12. The highest BCUT2D eigenvalue weighted by atomic mass is 32.2. The Bertz CT molecular complexity index is 545. The molecule has 0 amide bonds. The van der Waals surface area contributed by atoms with Crippen molar-refractivity contribution in [3.05, 3.63) is 29.8 Å². The number of rotatable bonds is 4. The lowest BCUT2D eigenvalue weighted by atomic mass is 9.96. The van der Waals surface area contributed by atoms with Crippen molar-refractivity contribution in [1.29, 1.82) is 0 Å². The molecule has 1 saturated carbocycles. The van der Waals surface area contributed by atoms with Gasteiger partial charge in [-0.15, -0.1) is 0 Å². The fraction of sp³-hybridized carbons (Fsp3) is 0.300. The van der Waals surface area contributed by atoms with Gasteiger partial charge in [-0.25, -0.2) is 8.42 Å². The first-order valence-electron chi connectivity index (χ1n) is 4.92. The van der Waals surface area contributed by atoms with Crippen LogP contribution in [-0.4, -0.2) is 24.7 Å². The number of hydrogen-bond acceptors (Lipinski definition) is 4. The van der Waals surface area contributed by atoms with E-state index in [0.29, 0.717) is 18.4 Å². The quantitative estimate of drug-likeness (QED) is 0.680. The van der Waals surface area contributed by atoms with Crippen LogP contribution in [0.25, 0.3) is 0 Å². The van der Waals surface area contributed by atoms with Crippen LogP contribution in [0.15, 0.2) is 29.2 Å². The molecule has 0 saturated heterocycles. The summed E-state index contributed by atoms with van der Waals surface area (Å²) in [6, 6.07) is 5.48. The number of nitrogens with one attached hydrogen (secondary N) is 1. The van der Waals surface area contributed by atoms with Gasteiger partial charge in [-0.05, 0) is 30.5 Å². The molecule has 0 atom stereocenters. The normalized spacial score (nSPS) is 17.7. The third-order valence-electron chi connectivity index (χ3n) is 3.00. The Kier molecular flexibility index (Phi) is 2.69. The monoisotopic (exact) mass is 257 g/mol. The largest absolute Gasteiger partial charge is 0.481 e. The van der Waals surface area contributed by atoms with Gasteiger partial charge in [0, 0.05) is 0 Å². The van der Waals surface area contributed by atoms with Crippen molar-refractivity contribution < 1.29 is 23.5 Å². The summed E-state index contributed by atoms with van der Waals surface area (Å²) in [7, 11) is -3.90. The first-order chi connectivity index (χ1) is 7.92. The molecule has 1 aromatic rings. The summed E-state index contributed by atoms with van der Waals surface area (Å²) < 4.78 is 22.5. The van der Waals surface area contributed by atoms with Crippen molar-refractivity contribution >= 4 is 16.0 Å². The van der Waals surface area contributed by atoms with Gasteiger partial charge in [0.15, 0.2) is 0 Å². The van der Waals surface area contributed by atoms with Crippen LogP contribution in [0.1, 0.15) is 18.4 Å². The number of carboxylic acid groups (broad SMARTS) is 1. The maximum absolute atomic E-state index is 11.2. The van der Waals surface area contributed by atoms with Gasteiger partial charge in [0.05, 0.1) is 10.3 Å². The Balaban J connectivity index is 2.35. The van der Waals surface area contributed by atoms with Gasteiger partial charge < -0.3 is 10.3 Å². The summed E-state index contributed by atoms with van der Waals surface area (Å²) in [6.45, 7) is 0. The molecule has 0 radical (unpaired) electrons. The predicted molar refractivity (Wildman–Crippen MR) is 57.1 cm³/mol. The Labute approximate surface area is 97.9 Å². The Morgan fingerprint density at radius 2 is 1.76 bits per heavy atom. The van der Waals surface area contributed by atoms with Gasteiger partial charge in [0.25, 0.3) is 10.0 Å². The molecule has 7 heteroatoms. The van der Waals surface area contributed by atoms with Crippen LogP contribution in [-0.2, 0) is 20.2 Å². The molecule has 92 valence electrons. The van der Waals surface area contributed by atoms with Gasteiger partial charge in [-0.3, -0.25) is 4.79 Å². The summed E-state index contributed by atoms with van der Waals surface area (Å²) in [4.78, 5) is 12.2. The molecule has 1 aliphatic carbocycles. The average molecular weight is 257 g/mol. The maximum atomic E-state index is 11.2. The standard InChI is InChI=1S/C10H11NO5S/c12-9(13)10(5-6-10)7-1-3-8(4-2-7)17(15,16)11-14/h1-4,11,14H,5-6H2,(H,12,13). The summed E-state index contributed by atoms with van der Waals surface area (Å²) in [5.74, 6) is -0.895. The molecule has 1 fully saturated rings. The minimum absolute atomic E-state index is 0.107. The number of benzene rings is 1. The summed E-state index contributed by atoms with van der Waals surface area (Å²) in [5, 5.41) is 17.5. The third kappa shape index (κ3) is 1.92. The fourth-order valence-corrected chi connectivity index (χ4v) is 2.36. The van der Waals surface area contributed by atoms with E-state index in [1.54, 1.807) is 0 Å². The van der Waals surface area contributed by atoms with Crippen molar-refractivity contribution in [3.8, 4) is 0 Å². The van der Waals surface area contributed by atoms with Crippen molar-refractivity contribution in [2.75, 3.05) is 0 Å². The number of aliphatic carboxylic acids is 1. The minimum Gasteiger partial charge on any atom is -0.481 e. The second kappa shape index (κ2) is 3.80. The molecule has 1 aliphatic rings. The van der Waals surface area contributed by atoms with Crippen molar-refractivity contribution in [2.45, 2.75) is 23.2 Å². The molecule has 3 N–H and O–H groups in total. The van der Waals surface area contributed by atoms with E-state index in [-0.39, 0.29) is 4.90 Å². The van der Waals surface area contributed by atoms with Crippen molar-refractivity contribution in [1.82, 2.24) is 4.89 Å². The first kappa shape index (κ1) is 12.0. The average Bonchev–Trinajstić information content (AvgIpc) is 3.10. The van der Waals surface area contributed by atoms with Crippen LogP contribution in [0.5, 0.6) is 0 Å². The number of sulfonamides is 1. The van der Waals surface area contributed by atoms with E-state index < -0.39 is 21.4 Å². The van der Waals surface area contributed by atoms with Gasteiger partial charge in [0.1, 0.15) is 0 Å². The lowest BCUT2D eigenvalue weighted by molar-refractivity contribution is -0.140. The highest BCUT2D eigenvalue weighted by Gasteiger charge is 2.51. The van der Waals surface area contributed by atoms with E-state index in [9.17, 15) is 13.2 Å². The van der Waals surface area contributed by atoms with Crippen molar-refractivity contribution in [2.24, 2.45) is 0 Å². The molecule has 0 spiro atoms. The third-order valence-corrected chi connectivity index (χ3v) is 4.13. The Morgan fingerprint density at radius 3 is 2.12 bits per heavy atom. The van der Waals surface area contributed by atoms with Crippen molar-refractivity contribution in [3.63, 3.8) is 0 Å². The zero-order valence-electron chi connectivity index (χ0n) is 8.75. The lowest BCUT2D eigenvalue weighted by Crippen LogP contribution is -2.21. The van der Waals surface area contributed by atoms with Crippen LogP contribution >= 0.6 is 0 Å². The second-order valence-electron chi connectivity index (χ2n) is 4.01. The zero-order chi connectivity index (χ0) is 12.7. The van der Waals surface area contributed by atoms with E-state index in [1.807, 2.05) is 0 Å². The Hall–Kier alpha value is -1.44. The predicted octanol–water partition coefficient (Wildman–Crippen LogP) is 0.470. The van der Waals surface area contributed by atoms with Crippen LogP contribution in [0.4, 0.5) is 0 Å². The van der Waals surface area contributed by atoms with Crippen LogP contribution in [0, 0.1) is 0 Å². The highest BCUT2D eigenvalue weighted by Crippen LogP contribution is 2.48. The molecule has 0 unspecified atom stereocenters. The molecular weight excluding hydrogens is 246 g/mol. The Morgan fingerprint density at radius 1 is 1.24 bits per heavy atom. The van der Waals surface area contributed by atoms with Crippen LogP contribution in [0.3, 0.4) is 0 Å². The highest BCUT2D eigenvalue weighted by molar-refractivity contribution is 7.89. The molecule has 2 rings (SSSR count). The lowest BCUT2D eigenvalue weighted by Gasteiger charge is -2.10. The summed E-state index contributed by atoms with van der Waals surface area (Å²) >= 11 is 0. The molecule has 17 heavy (non-hydrogen) atoms. The number of carbonyl (C=O) groups is 1. The molecule has 1 aromatic carbocycles. The van der Waals surface area contributed by atoms with Crippen LogP contribution in [0.2, 0.25) is 0 Å². The molecular formula is C10H11NO5S. The van der Waals surface area contributed by atoms with E-state index in [1.165, 1.54) is 29.2 Å². The van der Waals surface area contributed by atoms with Crippen LogP contribution < -0.4 is 4.89 Å². The van der Waals surface area contributed by atoms with Gasteiger partial charge in [-0.2, -0.15) is 0 Å². The smallest absolute Gasteiger partial charge is 0.314 e. The minimum atomic E-state index is -3.90. The zero-order valence-corrected chi connectivity index (χ0v) is 9.57. The second-order valence-corrected chi connectivity index (χ2v) is 5.67. The number of carboxylic acids is 1. The van der Waals surface area contributed by atoms with Gasteiger partial charge >= 0.3 is 5.97 Å². The first-order valence-corrected chi connectivity index (χ1v) is 6.40. The molecule has 0 heterocycles. The van der Waals surface area contributed by atoms with E-state index in [4.69, 9.17) is 10.3 Å². The topological polar surface area (TPSA) is 104 Å².